The normalized spacial score (nSPS) is 10.7. The van der Waals surface area contributed by atoms with E-state index in [2.05, 4.69) is 21.9 Å². The van der Waals surface area contributed by atoms with Crippen LogP contribution in [0.1, 0.15) is 52.4 Å². The molecule has 4 heteroatoms. The van der Waals surface area contributed by atoms with Gasteiger partial charge in [-0.1, -0.05) is 39.0 Å². The molecule has 0 amide bonds. The lowest BCUT2D eigenvalue weighted by Gasteiger charge is -2.01. The van der Waals surface area contributed by atoms with Gasteiger partial charge < -0.3 is 0 Å². The molecule has 0 N–H and O–H groups in total. The average molecular weight is 206 g/mol. The molecule has 0 aromatic carbocycles. The summed E-state index contributed by atoms with van der Waals surface area (Å²) >= 11 is 0. The Bertz CT molecular complexity index is 86.1. The Morgan fingerprint density at radius 3 is 2.07 bits per heavy atom. The molecule has 0 bridgehead atoms. The van der Waals surface area contributed by atoms with Gasteiger partial charge in [-0.15, -0.1) is 0 Å². The largest absolute Gasteiger partial charge is 0.204 e. The molecule has 14 heavy (non-hydrogen) atoms. The third-order valence-electron chi connectivity index (χ3n) is 1.82. The Hall–Kier alpha value is -0.160. The average Bonchev–Trinajstić information content (AvgIpc) is 2.21. The second-order valence-electron chi connectivity index (χ2n) is 3.13. The van der Waals surface area contributed by atoms with Crippen LogP contribution in [0.2, 0.25) is 0 Å². The van der Waals surface area contributed by atoms with Gasteiger partial charge in [0.15, 0.2) is 0 Å². The number of unbranched alkanes of at least 4 members (excludes halogenated alkanes) is 5. The molecule has 0 atom stereocenters. The number of rotatable bonds is 11. The van der Waals surface area contributed by atoms with E-state index < -0.39 is 0 Å². The van der Waals surface area contributed by atoms with E-state index in [0.29, 0.717) is 13.2 Å². The lowest BCUT2D eigenvalue weighted by molar-refractivity contribution is -0.633. The van der Waals surface area contributed by atoms with Crippen molar-refractivity contribution >= 4 is 0 Å². The molecule has 86 valence electrons. The highest BCUT2D eigenvalue weighted by molar-refractivity contribution is 4.41. The fraction of sp³-hybridized carbons (Fsp3) is 1.00. The molecule has 0 spiro atoms. The summed E-state index contributed by atoms with van der Waals surface area (Å²) in [6, 6.07) is 0. The molecule has 0 heterocycles. The molecule has 0 aliphatic rings. The maximum atomic E-state index is 4.70. The Balaban J connectivity index is 2.78. The van der Waals surface area contributed by atoms with Crippen molar-refractivity contribution in [1.82, 2.24) is 0 Å². The lowest BCUT2D eigenvalue weighted by atomic mass is 10.1. The van der Waals surface area contributed by atoms with Gasteiger partial charge in [-0.05, 0) is 23.4 Å². The lowest BCUT2D eigenvalue weighted by Crippen LogP contribution is -1.99. The summed E-state index contributed by atoms with van der Waals surface area (Å²) in [5.74, 6) is 0. The highest BCUT2D eigenvalue weighted by Crippen LogP contribution is 2.04. The fourth-order valence-corrected chi connectivity index (χ4v) is 1.06. The predicted molar refractivity (Wildman–Crippen MR) is 53.1 cm³/mol. The minimum atomic E-state index is 0.445. The number of hydrogen-bond donors (Lipinski definition) is 0. The summed E-state index contributed by atoms with van der Waals surface area (Å²) in [6.07, 6.45) is 7.36. The zero-order valence-corrected chi connectivity index (χ0v) is 9.29. The van der Waals surface area contributed by atoms with Gasteiger partial charge in [0.05, 0.1) is 13.2 Å². The SMILES string of the molecule is CCCCCCCCOOOOCC. The van der Waals surface area contributed by atoms with Gasteiger partial charge in [-0.3, -0.25) is 0 Å². The van der Waals surface area contributed by atoms with E-state index in [0.717, 1.165) is 6.42 Å². The second-order valence-corrected chi connectivity index (χ2v) is 3.13. The summed E-state index contributed by atoms with van der Waals surface area (Å²) in [7, 11) is 0. The highest BCUT2D eigenvalue weighted by atomic mass is 17.7. The third kappa shape index (κ3) is 11.8. The molecular formula is C10H22O4. The van der Waals surface area contributed by atoms with Crippen LogP contribution in [0.15, 0.2) is 0 Å². The van der Waals surface area contributed by atoms with Crippen LogP contribution in [0.5, 0.6) is 0 Å². The second kappa shape index (κ2) is 12.8. The van der Waals surface area contributed by atoms with Crippen LogP contribution in [-0.2, 0) is 19.9 Å². The fourth-order valence-electron chi connectivity index (χ4n) is 1.06. The van der Waals surface area contributed by atoms with Gasteiger partial charge in [0.2, 0.25) is 0 Å². The minimum Gasteiger partial charge on any atom is -0.204 e. The van der Waals surface area contributed by atoms with Gasteiger partial charge in [-0.2, -0.15) is 0 Å². The van der Waals surface area contributed by atoms with Crippen LogP contribution in [0.25, 0.3) is 0 Å². The van der Waals surface area contributed by atoms with Crippen molar-refractivity contribution < 1.29 is 19.9 Å². The molecule has 0 fully saturated rings. The van der Waals surface area contributed by atoms with Crippen molar-refractivity contribution in [1.29, 1.82) is 0 Å². The van der Waals surface area contributed by atoms with Crippen LogP contribution in [0.4, 0.5) is 0 Å². The van der Waals surface area contributed by atoms with E-state index in [1.165, 1.54) is 32.1 Å². The quantitative estimate of drug-likeness (QED) is 0.295. The standard InChI is InChI=1S/C10H22O4/c1-3-5-6-7-8-9-10-12-14-13-11-4-2/h3-10H2,1-2H3. The summed E-state index contributed by atoms with van der Waals surface area (Å²) in [6.45, 7) is 5.01. The first-order valence-electron chi connectivity index (χ1n) is 5.49. The first-order chi connectivity index (χ1) is 6.91. The zero-order valence-electron chi connectivity index (χ0n) is 9.29. The van der Waals surface area contributed by atoms with Gasteiger partial charge in [0.1, 0.15) is 0 Å². The van der Waals surface area contributed by atoms with Crippen molar-refractivity contribution in [2.45, 2.75) is 52.4 Å². The van der Waals surface area contributed by atoms with Crippen molar-refractivity contribution in [3.63, 3.8) is 0 Å². The van der Waals surface area contributed by atoms with Gasteiger partial charge in [0, 0.05) is 0 Å². The maximum absolute atomic E-state index is 4.70. The molecule has 0 saturated heterocycles. The van der Waals surface area contributed by atoms with E-state index in [1.807, 2.05) is 0 Å². The monoisotopic (exact) mass is 206 g/mol. The molecule has 0 aromatic heterocycles. The zero-order chi connectivity index (χ0) is 10.5. The number of hydrogen-bond acceptors (Lipinski definition) is 4. The van der Waals surface area contributed by atoms with Crippen molar-refractivity contribution in [3.8, 4) is 0 Å². The van der Waals surface area contributed by atoms with E-state index in [4.69, 9.17) is 4.89 Å². The Kier molecular flexibility index (Phi) is 12.7. The van der Waals surface area contributed by atoms with Crippen LogP contribution in [-0.4, -0.2) is 13.2 Å². The molecule has 0 radical (unpaired) electrons. The van der Waals surface area contributed by atoms with Crippen molar-refractivity contribution in [2.75, 3.05) is 13.2 Å². The Morgan fingerprint density at radius 1 is 0.714 bits per heavy atom. The van der Waals surface area contributed by atoms with E-state index in [9.17, 15) is 0 Å². The highest BCUT2D eigenvalue weighted by Gasteiger charge is 1.92. The van der Waals surface area contributed by atoms with Crippen molar-refractivity contribution in [2.24, 2.45) is 0 Å². The maximum Gasteiger partial charge on any atom is 0.0854 e. The van der Waals surface area contributed by atoms with Gasteiger partial charge >= 0.3 is 0 Å². The summed E-state index contributed by atoms with van der Waals surface area (Å²) in [5, 5.41) is 8.49. The van der Waals surface area contributed by atoms with Crippen molar-refractivity contribution in [3.05, 3.63) is 0 Å². The molecule has 0 aliphatic heterocycles. The Morgan fingerprint density at radius 2 is 1.36 bits per heavy atom. The van der Waals surface area contributed by atoms with Crippen LogP contribution in [0.3, 0.4) is 0 Å². The van der Waals surface area contributed by atoms with E-state index >= 15 is 0 Å². The third-order valence-corrected chi connectivity index (χ3v) is 1.82. The molecule has 0 rings (SSSR count). The first-order valence-corrected chi connectivity index (χ1v) is 5.49. The summed E-state index contributed by atoms with van der Waals surface area (Å²) < 4.78 is 0. The van der Waals surface area contributed by atoms with E-state index in [1.54, 1.807) is 6.92 Å². The molecule has 4 nitrogen and oxygen atoms in total. The summed E-state index contributed by atoms with van der Waals surface area (Å²) in [5.41, 5.74) is 0. The molecule has 0 aromatic rings. The molecular weight excluding hydrogens is 184 g/mol. The van der Waals surface area contributed by atoms with Gasteiger partial charge in [-0.25, -0.2) is 9.78 Å². The summed E-state index contributed by atoms with van der Waals surface area (Å²) in [4.78, 5) is 9.14. The molecule has 0 saturated carbocycles. The smallest absolute Gasteiger partial charge is 0.0854 e. The minimum absolute atomic E-state index is 0.445. The van der Waals surface area contributed by atoms with Crippen LogP contribution < -0.4 is 0 Å². The predicted octanol–water partition coefficient (Wildman–Crippen LogP) is 3.18. The first kappa shape index (κ1) is 13.8. The van der Waals surface area contributed by atoms with Crippen LogP contribution in [0, 0.1) is 0 Å². The van der Waals surface area contributed by atoms with Crippen LogP contribution >= 0.6 is 0 Å². The topological polar surface area (TPSA) is 36.9 Å². The molecule has 0 unspecified atom stereocenters. The van der Waals surface area contributed by atoms with Gasteiger partial charge in [0.25, 0.3) is 0 Å². The molecule has 0 aliphatic carbocycles. The Labute approximate surface area is 86.3 Å². The van der Waals surface area contributed by atoms with E-state index in [-0.39, 0.29) is 0 Å².